The number of pyridine rings is 1. The summed E-state index contributed by atoms with van der Waals surface area (Å²) < 4.78 is 11.7. The van der Waals surface area contributed by atoms with Gasteiger partial charge in [-0.25, -0.2) is 0 Å². The van der Waals surface area contributed by atoms with E-state index < -0.39 is 16.6 Å². The first-order chi connectivity index (χ1) is 12.0. The summed E-state index contributed by atoms with van der Waals surface area (Å²) in [6, 6.07) is 8.62. The van der Waals surface area contributed by atoms with E-state index in [2.05, 4.69) is 4.99 Å². The van der Waals surface area contributed by atoms with Crippen LogP contribution in [0.5, 0.6) is 17.2 Å². The molecule has 7 heteroatoms. The lowest BCUT2D eigenvalue weighted by Gasteiger charge is -2.08. The molecule has 1 aromatic heterocycles. The van der Waals surface area contributed by atoms with Gasteiger partial charge in [0.05, 0.1) is 14.2 Å². The third-order valence-electron chi connectivity index (χ3n) is 3.70. The van der Waals surface area contributed by atoms with Gasteiger partial charge in [-0.05, 0) is 12.1 Å². The zero-order valence-electron chi connectivity index (χ0n) is 13.6. The minimum atomic E-state index is -0.972. The largest absolute Gasteiger partial charge is 0.865 e. The first kappa shape index (κ1) is 16.4. The molecule has 0 N–H and O–H groups in total. The molecule has 0 unspecified atom stereocenters. The lowest BCUT2D eigenvalue weighted by Crippen LogP contribution is -2.49. The van der Waals surface area contributed by atoms with Crippen molar-refractivity contribution in [1.82, 2.24) is 0 Å². The van der Waals surface area contributed by atoms with Crippen molar-refractivity contribution >= 4 is 11.9 Å². The van der Waals surface area contributed by atoms with Gasteiger partial charge >= 0.3 is 0 Å². The molecule has 126 valence electrons. The van der Waals surface area contributed by atoms with E-state index in [9.17, 15) is 14.7 Å². The molecule has 0 fully saturated rings. The molecule has 0 saturated carbocycles. The summed E-state index contributed by atoms with van der Waals surface area (Å²) in [6.45, 7) is 0. The molecule has 2 aromatic carbocycles. The van der Waals surface area contributed by atoms with Crippen molar-refractivity contribution in [1.29, 1.82) is 0 Å². The highest BCUT2D eigenvalue weighted by Gasteiger charge is 2.22. The summed E-state index contributed by atoms with van der Waals surface area (Å²) in [7, 11) is 3.12. The number of methoxy groups -OCH3 is 2. The molecule has 1 heterocycles. The number of hydrogen-bond donors (Lipinski definition) is 0. The number of hydrogen-bond acceptors (Lipinski definition) is 6. The molecule has 0 saturated heterocycles. The monoisotopic (exact) mass is 338 g/mol. The van der Waals surface area contributed by atoms with Crippen LogP contribution in [0.3, 0.4) is 0 Å². The maximum atomic E-state index is 11.4. The Balaban J connectivity index is 1.84. The van der Waals surface area contributed by atoms with Gasteiger partial charge in [-0.1, -0.05) is 0 Å². The van der Waals surface area contributed by atoms with E-state index >= 15 is 0 Å². The van der Waals surface area contributed by atoms with Crippen LogP contribution in [0.25, 0.3) is 5.69 Å². The van der Waals surface area contributed by atoms with Crippen LogP contribution in [0.15, 0.2) is 57.3 Å². The van der Waals surface area contributed by atoms with Crippen molar-refractivity contribution < 1.29 is 19.1 Å². The molecule has 0 aliphatic carbocycles. The minimum absolute atomic E-state index is 0.134. The van der Waals surface area contributed by atoms with Gasteiger partial charge in [-0.2, -0.15) is 4.57 Å². The molecule has 3 aromatic rings. The summed E-state index contributed by atoms with van der Waals surface area (Å²) in [5.74, 6) is 0.471. The second-order valence-corrected chi connectivity index (χ2v) is 5.17. The standard InChI is InChI=1S/C18H14N2O5/c1-24-12-3-4-13(14(9-12)25-2)19-10-11-5-7-20(8-6-11)15-16(21)18(23)17(15)22/h3-10H,1-2H3. The van der Waals surface area contributed by atoms with Crippen LogP contribution in [0.2, 0.25) is 0 Å². The molecular formula is C18H14N2O5. The predicted molar refractivity (Wildman–Crippen MR) is 89.1 cm³/mol. The summed E-state index contributed by atoms with van der Waals surface area (Å²) in [5.41, 5.74) is -0.492. The summed E-state index contributed by atoms with van der Waals surface area (Å²) in [5, 5.41) is 11.4. The van der Waals surface area contributed by atoms with E-state index in [1.54, 1.807) is 50.8 Å². The van der Waals surface area contributed by atoms with Gasteiger partial charge in [0.15, 0.2) is 12.4 Å². The molecule has 0 atom stereocenters. The van der Waals surface area contributed by atoms with Crippen molar-refractivity contribution in [2.75, 3.05) is 14.2 Å². The van der Waals surface area contributed by atoms with Gasteiger partial charge in [0.2, 0.25) is 5.43 Å². The van der Waals surface area contributed by atoms with E-state index in [-0.39, 0.29) is 5.69 Å². The van der Waals surface area contributed by atoms with Crippen molar-refractivity contribution in [3.8, 4) is 22.9 Å². The fourth-order valence-corrected chi connectivity index (χ4v) is 2.30. The Hall–Kier alpha value is -3.48. The van der Waals surface area contributed by atoms with Crippen molar-refractivity contribution in [2.24, 2.45) is 4.99 Å². The number of ether oxygens (including phenoxy) is 2. The van der Waals surface area contributed by atoms with Crippen LogP contribution < -0.4 is 30.0 Å². The highest BCUT2D eigenvalue weighted by atomic mass is 16.5. The van der Waals surface area contributed by atoms with Crippen LogP contribution >= 0.6 is 0 Å². The topological polar surface area (TPSA) is 91.9 Å². The summed E-state index contributed by atoms with van der Waals surface area (Å²) in [6.07, 6.45) is 4.68. The van der Waals surface area contributed by atoms with Crippen LogP contribution in [0.4, 0.5) is 5.69 Å². The van der Waals surface area contributed by atoms with Gasteiger partial charge in [-0.3, -0.25) is 14.6 Å². The van der Waals surface area contributed by atoms with Gasteiger partial charge in [-0.15, -0.1) is 0 Å². The minimum Gasteiger partial charge on any atom is -0.865 e. The van der Waals surface area contributed by atoms with Gasteiger partial charge in [0.1, 0.15) is 17.2 Å². The van der Waals surface area contributed by atoms with Gasteiger partial charge in [0.25, 0.3) is 11.1 Å². The Bertz CT molecular complexity index is 1020. The van der Waals surface area contributed by atoms with E-state index in [4.69, 9.17) is 9.47 Å². The fraction of sp³-hybridized carbons (Fsp3) is 0.111. The molecule has 25 heavy (non-hydrogen) atoms. The fourth-order valence-electron chi connectivity index (χ4n) is 2.30. The number of rotatable bonds is 5. The predicted octanol–water partition coefficient (Wildman–Crippen LogP) is 0.401. The second kappa shape index (κ2) is 6.56. The zero-order valence-corrected chi connectivity index (χ0v) is 13.6. The number of benzene rings is 1. The molecule has 7 nitrogen and oxygen atoms in total. The summed E-state index contributed by atoms with van der Waals surface area (Å²) in [4.78, 5) is 26.8. The van der Waals surface area contributed by atoms with Crippen LogP contribution in [0, 0.1) is 0 Å². The van der Waals surface area contributed by atoms with Gasteiger partial charge < -0.3 is 14.6 Å². The van der Waals surface area contributed by atoms with E-state index in [1.807, 2.05) is 0 Å². The molecule has 0 bridgehead atoms. The molecule has 0 spiro atoms. The second-order valence-electron chi connectivity index (χ2n) is 5.17. The maximum absolute atomic E-state index is 11.4. The highest BCUT2D eigenvalue weighted by molar-refractivity contribution is 5.82. The zero-order chi connectivity index (χ0) is 18.0. The Morgan fingerprint density at radius 2 is 1.76 bits per heavy atom. The third kappa shape index (κ3) is 2.99. The Kier molecular flexibility index (Phi) is 4.30. The average molecular weight is 338 g/mol. The van der Waals surface area contributed by atoms with Crippen LogP contribution in [0.1, 0.15) is 5.56 Å². The number of nitrogens with zero attached hydrogens (tertiary/aromatic N) is 2. The molecule has 0 amide bonds. The SMILES string of the molecule is COc1ccc(N=Cc2cc[n+](-c3c([O-])c(=O)c3=O)cc2)c(OC)c1. The Morgan fingerprint density at radius 1 is 1.04 bits per heavy atom. The third-order valence-corrected chi connectivity index (χ3v) is 3.70. The lowest BCUT2D eigenvalue weighted by molar-refractivity contribution is -0.602. The molecule has 0 aliphatic rings. The Labute approximate surface area is 142 Å². The molecule has 3 rings (SSSR count). The highest BCUT2D eigenvalue weighted by Crippen LogP contribution is 2.31. The van der Waals surface area contributed by atoms with Crippen LogP contribution in [-0.2, 0) is 0 Å². The van der Waals surface area contributed by atoms with E-state index in [0.29, 0.717) is 17.2 Å². The lowest BCUT2D eigenvalue weighted by atomic mass is 10.2. The molecule has 0 aliphatic heterocycles. The van der Waals surface area contributed by atoms with E-state index in [0.717, 1.165) is 5.56 Å². The van der Waals surface area contributed by atoms with Crippen LogP contribution in [-0.4, -0.2) is 20.4 Å². The first-order valence-corrected chi connectivity index (χ1v) is 7.33. The van der Waals surface area contributed by atoms with Crippen molar-refractivity contribution in [2.45, 2.75) is 0 Å². The quantitative estimate of drug-likeness (QED) is 0.381. The first-order valence-electron chi connectivity index (χ1n) is 7.33. The average Bonchev–Trinajstić information content (AvgIpc) is 2.67. The number of aromatic nitrogens is 1. The van der Waals surface area contributed by atoms with Gasteiger partial charge in [0, 0.05) is 35.7 Å². The maximum Gasteiger partial charge on any atom is 0.296 e. The smallest absolute Gasteiger partial charge is 0.296 e. The van der Waals surface area contributed by atoms with E-state index in [1.165, 1.54) is 17.0 Å². The normalized spacial score (nSPS) is 11.1. The number of aliphatic imine (C=N–C) groups is 1. The molecular weight excluding hydrogens is 324 g/mol. The van der Waals surface area contributed by atoms with Crippen molar-refractivity contribution in [3.05, 3.63) is 68.7 Å². The molecule has 0 radical (unpaired) electrons. The van der Waals surface area contributed by atoms with Crippen molar-refractivity contribution in [3.63, 3.8) is 0 Å². The Morgan fingerprint density at radius 3 is 2.36 bits per heavy atom. The summed E-state index contributed by atoms with van der Waals surface area (Å²) >= 11 is 0.